The second-order valence-electron chi connectivity index (χ2n) is 4.86. The molecule has 0 aromatic carbocycles. The van der Waals surface area contributed by atoms with Crippen molar-refractivity contribution < 1.29 is 0 Å². The summed E-state index contributed by atoms with van der Waals surface area (Å²) >= 11 is 5.14. The Labute approximate surface area is 124 Å². The maximum absolute atomic E-state index is 6.01. The molecule has 2 aromatic heterocycles. The number of rotatable bonds is 2. The van der Waals surface area contributed by atoms with Crippen LogP contribution in [0.15, 0.2) is 9.85 Å². The van der Waals surface area contributed by atoms with E-state index in [0.717, 1.165) is 20.9 Å². The standard InChI is InChI=1S/C13H15BrN4S/c1-7-16-9(6-19-7)13-17-11(8-4-2-3-5-8)10(14)12(15)18-13/h6,8H,2-5H2,1H3,(H2,15,17,18). The molecule has 0 amide bonds. The normalized spacial score (nSPS) is 16.1. The molecule has 6 heteroatoms. The molecule has 0 atom stereocenters. The maximum atomic E-state index is 6.01. The molecule has 0 saturated heterocycles. The third-order valence-electron chi connectivity index (χ3n) is 3.49. The molecule has 0 bridgehead atoms. The Bertz CT molecular complexity index is 605. The van der Waals surface area contributed by atoms with E-state index in [0.29, 0.717) is 17.6 Å². The maximum Gasteiger partial charge on any atom is 0.181 e. The van der Waals surface area contributed by atoms with E-state index in [9.17, 15) is 0 Å². The molecular formula is C13H15BrN4S. The molecule has 3 rings (SSSR count). The first-order valence-corrected chi connectivity index (χ1v) is 8.08. The highest BCUT2D eigenvalue weighted by Gasteiger charge is 2.23. The van der Waals surface area contributed by atoms with Crippen LogP contribution in [0.3, 0.4) is 0 Å². The molecule has 1 fully saturated rings. The molecule has 2 aromatic rings. The van der Waals surface area contributed by atoms with Crippen molar-refractivity contribution in [3.63, 3.8) is 0 Å². The first kappa shape index (κ1) is 13.0. The number of aryl methyl sites for hydroxylation is 1. The highest BCUT2D eigenvalue weighted by molar-refractivity contribution is 9.10. The summed E-state index contributed by atoms with van der Waals surface area (Å²) < 4.78 is 0.857. The van der Waals surface area contributed by atoms with Crippen LogP contribution in [0.5, 0.6) is 0 Å². The van der Waals surface area contributed by atoms with Crippen LogP contribution < -0.4 is 5.73 Å². The Balaban J connectivity index is 2.06. The van der Waals surface area contributed by atoms with E-state index in [4.69, 9.17) is 10.7 Å². The first-order valence-electron chi connectivity index (χ1n) is 6.40. The fraction of sp³-hybridized carbons (Fsp3) is 0.462. The monoisotopic (exact) mass is 338 g/mol. The highest BCUT2D eigenvalue weighted by Crippen LogP contribution is 2.39. The van der Waals surface area contributed by atoms with Crippen LogP contribution in [-0.2, 0) is 0 Å². The predicted octanol–water partition coefficient (Wildman–Crippen LogP) is 3.91. The molecule has 1 aliphatic rings. The van der Waals surface area contributed by atoms with Crippen molar-refractivity contribution in [1.82, 2.24) is 15.0 Å². The lowest BCUT2D eigenvalue weighted by atomic mass is 10.0. The average Bonchev–Trinajstić information content (AvgIpc) is 3.03. The van der Waals surface area contributed by atoms with Gasteiger partial charge in [0.2, 0.25) is 0 Å². The van der Waals surface area contributed by atoms with Gasteiger partial charge in [-0.2, -0.15) is 0 Å². The topological polar surface area (TPSA) is 64.7 Å². The Morgan fingerprint density at radius 2 is 2.00 bits per heavy atom. The minimum absolute atomic E-state index is 0.498. The number of nitrogen functional groups attached to an aromatic ring is 1. The van der Waals surface area contributed by atoms with Crippen molar-refractivity contribution in [2.24, 2.45) is 0 Å². The van der Waals surface area contributed by atoms with Crippen LogP contribution in [0, 0.1) is 6.92 Å². The molecule has 2 heterocycles. The summed E-state index contributed by atoms with van der Waals surface area (Å²) in [4.78, 5) is 13.5. The van der Waals surface area contributed by atoms with Gasteiger partial charge in [-0.3, -0.25) is 0 Å². The summed E-state index contributed by atoms with van der Waals surface area (Å²) in [6.07, 6.45) is 4.91. The van der Waals surface area contributed by atoms with E-state index >= 15 is 0 Å². The molecule has 2 N–H and O–H groups in total. The molecule has 0 spiro atoms. The van der Waals surface area contributed by atoms with Gasteiger partial charge in [0.1, 0.15) is 11.5 Å². The minimum Gasteiger partial charge on any atom is -0.383 e. The molecule has 19 heavy (non-hydrogen) atoms. The van der Waals surface area contributed by atoms with Crippen molar-refractivity contribution in [1.29, 1.82) is 0 Å². The van der Waals surface area contributed by atoms with E-state index in [1.165, 1.54) is 25.7 Å². The van der Waals surface area contributed by atoms with E-state index in [1.54, 1.807) is 11.3 Å². The Morgan fingerprint density at radius 3 is 2.63 bits per heavy atom. The second kappa shape index (κ2) is 5.17. The van der Waals surface area contributed by atoms with Gasteiger partial charge in [0.15, 0.2) is 5.82 Å². The van der Waals surface area contributed by atoms with Gasteiger partial charge in [0, 0.05) is 11.3 Å². The summed E-state index contributed by atoms with van der Waals surface area (Å²) in [6.45, 7) is 1.98. The lowest BCUT2D eigenvalue weighted by Crippen LogP contribution is -2.06. The number of nitrogens with zero attached hydrogens (tertiary/aromatic N) is 3. The van der Waals surface area contributed by atoms with Crippen LogP contribution in [0.25, 0.3) is 11.5 Å². The number of thiazole rings is 1. The highest BCUT2D eigenvalue weighted by atomic mass is 79.9. The molecule has 0 radical (unpaired) electrons. The quantitative estimate of drug-likeness (QED) is 0.901. The Hall–Kier alpha value is -1.01. The van der Waals surface area contributed by atoms with Crippen LogP contribution in [0.1, 0.15) is 42.3 Å². The zero-order valence-corrected chi connectivity index (χ0v) is 13.1. The van der Waals surface area contributed by atoms with Crippen LogP contribution in [-0.4, -0.2) is 15.0 Å². The summed E-state index contributed by atoms with van der Waals surface area (Å²) in [6, 6.07) is 0. The molecule has 0 unspecified atom stereocenters. The lowest BCUT2D eigenvalue weighted by molar-refractivity contribution is 0.691. The van der Waals surface area contributed by atoms with Crippen molar-refractivity contribution >= 4 is 33.1 Å². The van der Waals surface area contributed by atoms with Gasteiger partial charge >= 0.3 is 0 Å². The molecule has 4 nitrogen and oxygen atoms in total. The summed E-state index contributed by atoms with van der Waals surface area (Å²) in [5.74, 6) is 1.66. The molecule has 1 saturated carbocycles. The van der Waals surface area contributed by atoms with Gasteiger partial charge in [-0.15, -0.1) is 11.3 Å². The van der Waals surface area contributed by atoms with Crippen molar-refractivity contribution in [2.75, 3.05) is 5.73 Å². The van der Waals surface area contributed by atoms with Gasteiger partial charge in [-0.25, -0.2) is 15.0 Å². The summed E-state index contributed by atoms with van der Waals surface area (Å²) in [7, 11) is 0. The lowest BCUT2D eigenvalue weighted by Gasteiger charge is -2.13. The Kier molecular flexibility index (Phi) is 3.54. The van der Waals surface area contributed by atoms with E-state index in [1.807, 2.05) is 12.3 Å². The van der Waals surface area contributed by atoms with Crippen LogP contribution in [0.2, 0.25) is 0 Å². The van der Waals surface area contributed by atoms with Gasteiger partial charge in [0.25, 0.3) is 0 Å². The number of halogens is 1. The number of nitrogens with two attached hydrogens (primary N) is 1. The van der Waals surface area contributed by atoms with Crippen molar-refractivity contribution in [2.45, 2.75) is 38.5 Å². The van der Waals surface area contributed by atoms with Crippen molar-refractivity contribution in [3.8, 4) is 11.5 Å². The third kappa shape index (κ3) is 2.51. The van der Waals surface area contributed by atoms with Gasteiger partial charge < -0.3 is 5.73 Å². The molecule has 1 aliphatic carbocycles. The number of anilines is 1. The number of hydrogen-bond acceptors (Lipinski definition) is 5. The smallest absolute Gasteiger partial charge is 0.181 e. The fourth-order valence-corrected chi connectivity index (χ4v) is 3.63. The van der Waals surface area contributed by atoms with Crippen LogP contribution >= 0.6 is 27.3 Å². The van der Waals surface area contributed by atoms with E-state index in [-0.39, 0.29) is 0 Å². The average molecular weight is 339 g/mol. The molecule has 100 valence electrons. The zero-order valence-electron chi connectivity index (χ0n) is 10.7. The van der Waals surface area contributed by atoms with Gasteiger partial charge in [-0.1, -0.05) is 12.8 Å². The first-order chi connectivity index (χ1) is 9.15. The largest absolute Gasteiger partial charge is 0.383 e. The number of aromatic nitrogens is 3. The SMILES string of the molecule is Cc1nc(-c2nc(N)c(Br)c(C3CCCC3)n2)cs1. The van der Waals surface area contributed by atoms with E-state index < -0.39 is 0 Å². The predicted molar refractivity (Wildman–Crippen MR) is 81.2 cm³/mol. The third-order valence-corrected chi connectivity index (χ3v) is 5.08. The molecule has 0 aliphatic heterocycles. The van der Waals surface area contributed by atoms with E-state index in [2.05, 4.69) is 25.9 Å². The minimum atomic E-state index is 0.498. The van der Waals surface area contributed by atoms with Crippen molar-refractivity contribution in [3.05, 3.63) is 20.6 Å². The fourth-order valence-electron chi connectivity index (χ4n) is 2.53. The summed E-state index contributed by atoms with van der Waals surface area (Å²) in [5.41, 5.74) is 7.88. The second-order valence-corrected chi connectivity index (χ2v) is 6.72. The molecular weight excluding hydrogens is 324 g/mol. The summed E-state index contributed by atoms with van der Waals surface area (Å²) in [5, 5.41) is 3.00. The zero-order chi connectivity index (χ0) is 13.4. The number of hydrogen-bond donors (Lipinski definition) is 1. The Morgan fingerprint density at radius 1 is 1.26 bits per heavy atom. The van der Waals surface area contributed by atoms with Gasteiger partial charge in [0.05, 0.1) is 15.2 Å². The van der Waals surface area contributed by atoms with Gasteiger partial charge in [-0.05, 0) is 35.7 Å². The van der Waals surface area contributed by atoms with Crippen LogP contribution in [0.4, 0.5) is 5.82 Å².